The maximum atomic E-state index is 13.6. The Kier molecular flexibility index (Phi) is 6.53. The van der Waals surface area contributed by atoms with Crippen LogP contribution in [0.4, 0.5) is 5.95 Å². The average Bonchev–Trinajstić information content (AvgIpc) is 3.53. The summed E-state index contributed by atoms with van der Waals surface area (Å²) < 4.78 is 12.9. The first-order chi connectivity index (χ1) is 16.9. The summed E-state index contributed by atoms with van der Waals surface area (Å²) in [6, 6.07) is 9.80. The van der Waals surface area contributed by atoms with Crippen molar-refractivity contribution in [3.05, 3.63) is 52.4 Å². The van der Waals surface area contributed by atoms with E-state index in [4.69, 9.17) is 14.5 Å². The highest BCUT2D eigenvalue weighted by Crippen LogP contribution is 2.32. The minimum absolute atomic E-state index is 0.0110. The van der Waals surface area contributed by atoms with Crippen LogP contribution in [0.15, 0.2) is 41.3 Å². The summed E-state index contributed by atoms with van der Waals surface area (Å²) in [7, 11) is 0. The highest BCUT2D eigenvalue weighted by molar-refractivity contribution is 5.83. The van der Waals surface area contributed by atoms with Gasteiger partial charge in [0.2, 0.25) is 5.95 Å². The fourth-order valence-corrected chi connectivity index (χ4v) is 4.40. The third-order valence-corrected chi connectivity index (χ3v) is 6.42. The molecule has 1 aliphatic heterocycles. The molecule has 35 heavy (non-hydrogen) atoms. The topological polar surface area (TPSA) is 107 Å². The van der Waals surface area contributed by atoms with Gasteiger partial charge in [-0.15, -0.1) is 0 Å². The van der Waals surface area contributed by atoms with Gasteiger partial charge in [-0.3, -0.25) is 14.2 Å². The second-order valence-corrected chi connectivity index (χ2v) is 9.66. The van der Waals surface area contributed by atoms with Gasteiger partial charge in [-0.2, -0.15) is 4.98 Å². The molecule has 3 aromatic rings. The number of aromatic nitrogens is 3. The number of carbonyl (C=O) groups is 1. The van der Waals surface area contributed by atoms with E-state index in [-0.39, 0.29) is 24.3 Å². The van der Waals surface area contributed by atoms with Crippen LogP contribution in [0.25, 0.3) is 22.2 Å². The van der Waals surface area contributed by atoms with Crippen LogP contribution >= 0.6 is 0 Å². The summed E-state index contributed by atoms with van der Waals surface area (Å²) >= 11 is 0. The maximum Gasteiger partial charge on any atom is 0.260 e. The zero-order valence-electron chi connectivity index (χ0n) is 20.3. The van der Waals surface area contributed by atoms with E-state index in [1.165, 1.54) is 0 Å². The molecule has 1 amide bonds. The van der Waals surface area contributed by atoms with Crippen molar-refractivity contribution >= 4 is 22.9 Å². The molecule has 1 aromatic carbocycles. The molecular formula is C26H31N5O4. The molecule has 3 heterocycles. The van der Waals surface area contributed by atoms with Gasteiger partial charge >= 0.3 is 0 Å². The van der Waals surface area contributed by atoms with Crippen LogP contribution < -0.4 is 16.2 Å². The van der Waals surface area contributed by atoms with Gasteiger partial charge in [0.25, 0.3) is 11.5 Å². The molecule has 1 aliphatic carbocycles. The molecule has 0 spiro atoms. The van der Waals surface area contributed by atoms with Crippen molar-refractivity contribution in [3.8, 4) is 11.1 Å². The predicted molar refractivity (Wildman–Crippen MR) is 133 cm³/mol. The highest BCUT2D eigenvalue weighted by atomic mass is 16.7. The van der Waals surface area contributed by atoms with Crippen molar-refractivity contribution in [1.82, 2.24) is 19.9 Å². The van der Waals surface area contributed by atoms with E-state index in [9.17, 15) is 9.59 Å². The first-order valence-electron chi connectivity index (χ1n) is 12.1. The van der Waals surface area contributed by atoms with Crippen molar-refractivity contribution in [2.75, 3.05) is 18.7 Å². The third kappa shape index (κ3) is 5.06. The molecule has 184 valence electrons. The molecule has 9 nitrogen and oxygen atoms in total. The van der Waals surface area contributed by atoms with Crippen molar-refractivity contribution in [1.29, 1.82) is 0 Å². The largest absolute Gasteiger partial charge is 0.352 e. The third-order valence-electron chi connectivity index (χ3n) is 6.42. The van der Waals surface area contributed by atoms with E-state index in [1.807, 2.05) is 51.1 Å². The molecule has 0 unspecified atom stereocenters. The number of hydrogen-bond donors (Lipinski definition) is 2. The molecule has 1 saturated carbocycles. The minimum atomic E-state index is -0.699. The number of pyridine rings is 1. The van der Waals surface area contributed by atoms with E-state index in [1.54, 1.807) is 10.8 Å². The summed E-state index contributed by atoms with van der Waals surface area (Å²) in [4.78, 5) is 35.2. The van der Waals surface area contributed by atoms with E-state index < -0.39 is 12.2 Å². The lowest BCUT2D eigenvalue weighted by atomic mass is 10.0. The van der Waals surface area contributed by atoms with E-state index in [2.05, 4.69) is 15.6 Å². The first-order valence-corrected chi connectivity index (χ1v) is 12.1. The van der Waals surface area contributed by atoms with Gasteiger partial charge in [-0.1, -0.05) is 24.3 Å². The number of aryl methyl sites for hydroxylation is 1. The monoisotopic (exact) mass is 477 g/mol. The fraction of sp³-hybridized carbons (Fsp3) is 0.462. The van der Waals surface area contributed by atoms with E-state index in [0.717, 1.165) is 29.4 Å². The maximum absolute atomic E-state index is 13.6. The Morgan fingerprint density at radius 1 is 1.20 bits per heavy atom. The molecule has 0 radical (unpaired) electrons. The van der Waals surface area contributed by atoms with Gasteiger partial charge in [0.15, 0.2) is 6.10 Å². The molecule has 0 bridgehead atoms. The lowest BCUT2D eigenvalue weighted by Crippen LogP contribution is -2.45. The van der Waals surface area contributed by atoms with Crippen LogP contribution in [-0.2, 0) is 20.8 Å². The number of nitrogens with zero attached hydrogens (tertiary/aromatic N) is 3. The number of fused-ring (bicyclic) bond motifs is 1. The fourth-order valence-electron chi connectivity index (χ4n) is 4.40. The average molecular weight is 478 g/mol. The SMILES string of the molecule is Cc1ccccc1-c1cc2cnc(NC[C@@H]3OCO[C@H]3C(=O)NC(C)C)nc2n(CC2CC2)c1=O. The van der Waals surface area contributed by atoms with E-state index in [0.29, 0.717) is 36.2 Å². The second-order valence-electron chi connectivity index (χ2n) is 9.66. The number of amides is 1. The Balaban J connectivity index is 1.43. The number of carbonyl (C=O) groups excluding carboxylic acids is 1. The van der Waals surface area contributed by atoms with Gasteiger partial charge in [0.05, 0.1) is 0 Å². The lowest BCUT2D eigenvalue weighted by Gasteiger charge is -2.19. The molecular weight excluding hydrogens is 446 g/mol. The smallest absolute Gasteiger partial charge is 0.260 e. The van der Waals surface area contributed by atoms with E-state index >= 15 is 0 Å². The predicted octanol–water partition coefficient (Wildman–Crippen LogP) is 2.85. The molecule has 2 N–H and O–H groups in total. The molecule has 2 aliphatic rings. The first kappa shape index (κ1) is 23.4. The van der Waals surface area contributed by atoms with Gasteiger partial charge in [0, 0.05) is 36.3 Å². The molecule has 2 atom stereocenters. The number of anilines is 1. The zero-order chi connectivity index (χ0) is 24.5. The molecule has 2 fully saturated rings. The van der Waals surface area contributed by atoms with Crippen molar-refractivity contribution in [3.63, 3.8) is 0 Å². The standard InChI is InChI=1S/C26H31N5O4/c1-15(2)29-24(32)22-21(34-14-35-22)12-28-26-27-11-18-10-20(19-7-5-4-6-16(19)3)25(33)31(23(18)30-26)13-17-8-9-17/h4-7,10-11,15,17,21-22H,8-9,12-14H2,1-3H3,(H,29,32)(H,27,28,30)/t21-,22+/m0/s1. The Hall–Kier alpha value is -3.30. The Bertz CT molecular complexity index is 1300. The van der Waals surface area contributed by atoms with Crippen molar-refractivity contribution < 1.29 is 14.3 Å². The van der Waals surface area contributed by atoms with Crippen molar-refractivity contribution in [2.45, 2.75) is 58.4 Å². The van der Waals surface area contributed by atoms with Crippen molar-refractivity contribution in [2.24, 2.45) is 5.92 Å². The summed E-state index contributed by atoms with van der Waals surface area (Å²) in [6.45, 7) is 6.81. The quantitative estimate of drug-likeness (QED) is 0.514. The minimum Gasteiger partial charge on any atom is -0.352 e. The summed E-state index contributed by atoms with van der Waals surface area (Å²) in [5.74, 6) is 0.674. The van der Waals surface area contributed by atoms with Crippen LogP contribution in [-0.4, -0.2) is 52.0 Å². The van der Waals surface area contributed by atoms with Crippen LogP contribution in [0.5, 0.6) is 0 Å². The van der Waals surface area contributed by atoms with Crippen LogP contribution in [0.2, 0.25) is 0 Å². The molecule has 5 rings (SSSR count). The number of hydrogen-bond acceptors (Lipinski definition) is 7. The van der Waals surface area contributed by atoms with Crippen LogP contribution in [0.3, 0.4) is 0 Å². The van der Waals surface area contributed by atoms with Crippen LogP contribution in [0, 0.1) is 12.8 Å². The summed E-state index contributed by atoms with van der Waals surface area (Å²) in [5, 5.41) is 6.83. The number of ether oxygens (including phenoxy) is 2. The highest BCUT2D eigenvalue weighted by Gasteiger charge is 2.35. The second kappa shape index (κ2) is 9.75. The summed E-state index contributed by atoms with van der Waals surface area (Å²) in [6.07, 6.45) is 2.82. The van der Waals surface area contributed by atoms with Gasteiger partial charge in [0.1, 0.15) is 18.5 Å². The summed E-state index contributed by atoms with van der Waals surface area (Å²) in [5.41, 5.74) is 3.21. The zero-order valence-corrected chi connectivity index (χ0v) is 20.3. The van der Waals surface area contributed by atoms with Gasteiger partial charge in [-0.25, -0.2) is 4.98 Å². The number of rotatable bonds is 8. The Morgan fingerprint density at radius 3 is 2.74 bits per heavy atom. The van der Waals surface area contributed by atoms with Gasteiger partial charge < -0.3 is 20.1 Å². The number of nitrogens with one attached hydrogen (secondary N) is 2. The van der Waals surface area contributed by atoms with Gasteiger partial charge in [-0.05, 0) is 56.7 Å². The number of benzene rings is 1. The lowest BCUT2D eigenvalue weighted by molar-refractivity contribution is -0.130. The Morgan fingerprint density at radius 2 is 2.00 bits per heavy atom. The Labute approximate surface area is 203 Å². The molecule has 1 saturated heterocycles. The van der Waals surface area contributed by atoms with Crippen LogP contribution in [0.1, 0.15) is 32.3 Å². The molecule has 9 heteroatoms. The molecule has 2 aromatic heterocycles. The normalized spacial score (nSPS) is 19.9.